The van der Waals surface area contributed by atoms with Gasteiger partial charge in [-0.1, -0.05) is 261 Å². The number of nitrogens with zero attached hydrogens (tertiary/aromatic N) is 1. The fourth-order valence-electron chi connectivity index (χ4n) is 14.0. The van der Waals surface area contributed by atoms with Gasteiger partial charge in [-0.15, -0.1) is 6.58 Å². The van der Waals surface area contributed by atoms with E-state index in [1.165, 1.54) is 0 Å². The van der Waals surface area contributed by atoms with Gasteiger partial charge in [-0.2, -0.15) is 0 Å². The maximum Gasteiger partial charge on any atom is 0.311 e. The van der Waals surface area contributed by atoms with Gasteiger partial charge in [0.2, 0.25) is 0 Å². The molecule has 0 saturated carbocycles. The van der Waals surface area contributed by atoms with Crippen LogP contribution < -0.4 is 0 Å². The second-order valence-electron chi connectivity index (χ2n) is 29.1. The van der Waals surface area contributed by atoms with Gasteiger partial charge in [0.25, 0.3) is 11.8 Å². The lowest BCUT2D eigenvalue weighted by Crippen LogP contribution is -2.71. The van der Waals surface area contributed by atoms with Gasteiger partial charge < -0.3 is 71.1 Å². The summed E-state index contributed by atoms with van der Waals surface area (Å²) in [6.07, 6.45) is -14.5. The van der Waals surface area contributed by atoms with E-state index < -0.39 is 115 Å². The van der Waals surface area contributed by atoms with Crippen molar-refractivity contribution in [2.45, 2.75) is 179 Å². The second-order valence-corrected chi connectivity index (χ2v) is 29.1. The van der Waals surface area contributed by atoms with E-state index in [-0.39, 0.29) is 90.4 Å². The topological polar surface area (TPSA) is 193 Å². The number of carbonyl (C=O) groups excluding carboxylic acids is 3. The zero-order valence-electron chi connectivity index (χ0n) is 63.0. The van der Waals surface area contributed by atoms with Crippen LogP contribution in [0.1, 0.15) is 98.8 Å². The van der Waals surface area contributed by atoms with Crippen molar-refractivity contribution in [3.05, 3.63) is 335 Å². The summed E-state index contributed by atoms with van der Waals surface area (Å²) in [5.74, 6) is -1.93. The van der Waals surface area contributed by atoms with E-state index >= 15 is 14.4 Å². The molecule has 3 saturated heterocycles. The highest BCUT2D eigenvalue weighted by Crippen LogP contribution is 2.42. The highest BCUT2D eigenvalue weighted by molar-refractivity contribution is 6.21. The van der Waals surface area contributed by atoms with Crippen molar-refractivity contribution in [1.29, 1.82) is 0 Å². The van der Waals surface area contributed by atoms with Gasteiger partial charge in [0, 0.05) is 0 Å². The van der Waals surface area contributed by atoms with Crippen molar-refractivity contribution in [3.63, 3.8) is 0 Å². The molecule has 9 aromatic rings. The molecule has 13 rings (SSSR count). The number of allylic oxidation sites excluding steroid dienone is 1. The van der Waals surface area contributed by atoms with Crippen LogP contribution in [0.5, 0.6) is 0 Å². The summed E-state index contributed by atoms with van der Waals surface area (Å²) >= 11 is 0. The standard InChI is InChI=1S/C92H99NO18/c1-5-6-33-52-100-89-84(82(104-59-70-46-27-13-28-47-70)78(101-56-67-40-21-10-22-41-67)74(107-89)61-97-53-64-34-15-7-16-35-64)110-88-77(93-86(94)72-50-31-32-51-73(72)87(93)95)81(103-58-69-44-25-12-26-45-69)80(76(106-88)63-99-55-66-38-19-9-20-39-66)109-90-85(111-91(96)92(2,3)4)83(105-60-71-48-29-14-30-49-71)79(102-57-68-42-23-11-24-43-68)75(108-90)62-98-54-65-36-17-8-18-37-65/h5,7-32,34-51,74-85,88-90H,1,6,33,52-63H2,2-4H3/t74?,75?,76?,77?,78-,79+,80-,81-,82+,83+,84?,85?,88+,89+,90+/m1/s1. The predicted octanol–water partition coefficient (Wildman–Crippen LogP) is 15.1. The average Bonchev–Trinajstić information content (AvgIpc) is 1.70. The first kappa shape index (κ1) is 79.8. The molecule has 0 bridgehead atoms. The Kier molecular flexibility index (Phi) is 29.0. The minimum atomic E-state index is -1.67. The van der Waals surface area contributed by atoms with Crippen LogP contribution >= 0.6 is 0 Å². The van der Waals surface area contributed by atoms with Crippen LogP contribution in [0.3, 0.4) is 0 Å². The van der Waals surface area contributed by atoms with Crippen LogP contribution in [0.2, 0.25) is 0 Å². The number of amides is 2. The monoisotopic (exact) mass is 1510 g/mol. The molecule has 2 amide bonds. The summed E-state index contributed by atoms with van der Waals surface area (Å²) in [4.78, 5) is 48.1. The molecule has 4 heterocycles. The molecule has 4 aliphatic heterocycles. The third-order valence-corrected chi connectivity index (χ3v) is 19.8. The van der Waals surface area contributed by atoms with E-state index in [1.807, 2.05) is 249 Å². The molecule has 0 spiro atoms. The maximum absolute atomic E-state index is 16.0. The summed E-state index contributed by atoms with van der Waals surface area (Å²) in [7, 11) is 0. The Bertz CT molecular complexity index is 4250. The van der Waals surface area contributed by atoms with Crippen LogP contribution in [0, 0.1) is 5.41 Å². The first-order chi connectivity index (χ1) is 54.4. The number of hydrogen-bond donors (Lipinski definition) is 0. The molecular weight excluding hydrogens is 1410 g/mol. The van der Waals surface area contributed by atoms with Gasteiger partial charge in [-0.05, 0) is 90.3 Å². The van der Waals surface area contributed by atoms with Crippen LogP contribution in [0.4, 0.5) is 0 Å². The quantitative estimate of drug-likeness (QED) is 0.0153. The van der Waals surface area contributed by atoms with Crippen molar-refractivity contribution < 1.29 is 85.4 Å². The normalized spacial score (nSPS) is 24.6. The Morgan fingerprint density at radius 2 is 0.667 bits per heavy atom. The van der Waals surface area contributed by atoms with E-state index in [4.69, 9.17) is 71.1 Å². The van der Waals surface area contributed by atoms with E-state index in [2.05, 4.69) is 6.58 Å². The van der Waals surface area contributed by atoms with Crippen molar-refractivity contribution in [2.75, 3.05) is 26.4 Å². The Morgan fingerprint density at radius 1 is 0.360 bits per heavy atom. The Hall–Kier alpha value is -9.23. The zero-order valence-corrected chi connectivity index (χ0v) is 63.0. The van der Waals surface area contributed by atoms with E-state index in [9.17, 15) is 0 Å². The van der Waals surface area contributed by atoms with Crippen LogP contribution in [-0.2, 0) is 129 Å². The van der Waals surface area contributed by atoms with E-state index in [1.54, 1.807) is 45.0 Å². The van der Waals surface area contributed by atoms with Gasteiger partial charge in [-0.25, -0.2) is 0 Å². The number of imide groups is 1. The highest BCUT2D eigenvalue weighted by atomic mass is 16.8. The Balaban J connectivity index is 0.970. The molecule has 15 atom stereocenters. The minimum Gasteiger partial charge on any atom is -0.454 e. The molecule has 9 aromatic carbocycles. The number of rotatable bonds is 38. The van der Waals surface area contributed by atoms with Gasteiger partial charge >= 0.3 is 5.97 Å². The number of unbranched alkanes of at least 4 members (excludes halogenated alkanes) is 1. The maximum atomic E-state index is 16.0. The number of carbonyl (C=O) groups is 3. The van der Waals surface area contributed by atoms with Crippen molar-refractivity contribution in [3.8, 4) is 0 Å². The number of benzene rings is 9. The number of hydrogen-bond acceptors (Lipinski definition) is 18. The summed E-state index contributed by atoms with van der Waals surface area (Å²) in [5.41, 5.74) is 6.02. The lowest BCUT2D eigenvalue weighted by molar-refractivity contribution is -0.386. The molecular formula is C92H99NO18. The van der Waals surface area contributed by atoms with Crippen LogP contribution in [0.15, 0.2) is 280 Å². The SMILES string of the molecule is C=CCCCO[C@H]1OC(COCc2ccccc2)[C@@H](OCc2ccccc2)[C@H](OCc2ccccc2)C1O[C@@H]1OC(COCc2ccccc2)[C@@H](O[C@@H]2OC(COCc3ccccc3)[C@H](OCc3ccccc3)[C@H](OCc3ccccc3)C2OC(=O)C(C)(C)C)[C@H](OCc2ccccc2)C1N1C(=O)c2ccccc2C1=O. The van der Waals surface area contributed by atoms with Crippen molar-refractivity contribution >= 4 is 17.8 Å². The van der Waals surface area contributed by atoms with Crippen molar-refractivity contribution in [2.24, 2.45) is 5.41 Å². The first-order valence-electron chi connectivity index (χ1n) is 38.2. The molecule has 3 fully saturated rings. The first-order valence-corrected chi connectivity index (χ1v) is 38.2. The van der Waals surface area contributed by atoms with E-state index in [0.717, 1.165) is 49.4 Å². The molecule has 0 aromatic heterocycles. The predicted molar refractivity (Wildman–Crippen MR) is 415 cm³/mol. The lowest BCUT2D eigenvalue weighted by Gasteiger charge is -2.53. The molecule has 0 aliphatic carbocycles. The summed E-state index contributed by atoms with van der Waals surface area (Å²) in [5, 5.41) is 0. The Labute approximate surface area is 650 Å². The third kappa shape index (κ3) is 21.7. The highest BCUT2D eigenvalue weighted by Gasteiger charge is 2.61. The molecule has 0 N–H and O–H groups in total. The molecule has 4 aliphatic rings. The largest absolute Gasteiger partial charge is 0.454 e. The van der Waals surface area contributed by atoms with Gasteiger partial charge in [0.05, 0.1) is 95.8 Å². The minimum absolute atomic E-state index is 0.0268. The summed E-state index contributed by atoms with van der Waals surface area (Å²) in [6.45, 7) is 9.93. The Morgan fingerprint density at radius 3 is 1.04 bits per heavy atom. The van der Waals surface area contributed by atoms with Gasteiger partial charge in [0.15, 0.2) is 25.0 Å². The van der Waals surface area contributed by atoms with Crippen LogP contribution in [-0.4, -0.2) is 141 Å². The molecule has 6 unspecified atom stereocenters. The average molecular weight is 1510 g/mol. The third-order valence-electron chi connectivity index (χ3n) is 19.8. The van der Waals surface area contributed by atoms with Gasteiger partial charge in [0.1, 0.15) is 67.1 Å². The lowest BCUT2D eigenvalue weighted by atomic mass is 9.92. The number of ether oxygens (including phenoxy) is 15. The van der Waals surface area contributed by atoms with Crippen LogP contribution in [0.25, 0.3) is 0 Å². The fourth-order valence-corrected chi connectivity index (χ4v) is 14.0. The molecule has 19 heteroatoms. The van der Waals surface area contributed by atoms with Crippen molar-refractivity contribution in [1.82, 2.24) is 4.90 Å². The van der Waals surface area contributed by atoms with E-state index in [0.29, 0.717) is 12.8 Å². The molecule has 0 radical (unpaired) electrons. The molecule has 19 nitrogen and oxygen atoms in total. The number of esters is 1. The summed E-state index contributed by atoms with van der Waals surface area (Å²) in [6, 6.07) is 82.8. The smallest absolute Gasteiger partial charge is 0.311 e. The second kappa shape index (κ2) is 40.3. The fraction of sp³-hybridized carbons (Fsp3) is 0.359. The number of fused-ring (bicyclic) bond motifs is 1. The van der Waals surface area contributed by atoms with Gasteiger partial charge in [-0.3, -0.25) is 19.3 Å². The molecule has 580 valence electrons. The zero-order chi connectivity index (χ0) is 76.6. The summed E-state index contributed by atoms with van der Waals surface area (Å²) < 4.78 is 108. The molecule has 111 heavy (non-hydrogen) atoms.